The van der Waals surface area contributed by atoms with Gasteiger partial charge < -0.3 is 18.1 Å². The van der Waals surface area contributed by atoms with E-state index in [4.69, 9.17) is 5.73 Å². The first-order valence-corrected chi connectivity index (χ1v) is 5.19. The first-order chi connectivity index (χ1) is 6.79. The lowest BCUT2D eigenvalue weighted by Gasteiger charge is -2.33. The Hall–Kier alpha value is -0.800. The molecule has 0 spiro atoms. The Labute approximate surface area is 97.1 Å². The van der Waals surface area contributed by atoms with Gasteiger partial charge in [-0.25, -0.2) is 4.98 Å². The fraction of sp³-hybridized carbons (Fsp3) is 0.545. The minimum absolute atomic E-state index is 0. The third-order valence-electron chi connectivity index (χ3n) is 3.00. The van der Waals surface area contributed by atoms with Gasteiger partial charge in [-0.15, -0.1) is 0 Å². The van der Waals surface area contributed by atoms with E-state index in [0.717, 1.165) is 0 Å². The normalized spacial score (nSPS) is 22.1. The van der Waals surface area contributed by atoms with Gasteiger partial charge >= 0.3 is 0 Å². The van der Waals surface area contributed by atoms with Crippen molar-refractivity contribution in [2.45, 2.75) is 25.3 Å². The number of nitrogens with two attached hydrogens (primary N) is 1. The monoisotopic (exact) mass is 226 g/mol. The standard InChI is InChI=1S/C11H17N3.ClH/c1-14-8-3-2-6-10(14)9-5-4-7-13-11(9)12;/h4-5,7,10H,2-3,6,8H2,1H3,(H2,12,13);1H/p-1. The van der Waals surface area contributed by atoms with Crippen molar-refractivity contribution in [1.29, 1.82) is 0 Å². The van der Waals surface area contributed by atoms with E-state index in [-0.39, 0.29) is 12.4 Å². The largest absolute Gasteiger partial charge is 1.00 e. The molecule has 0 aliphatic carbocycles. The number of piperidine rings is 1. The van der Waals surface area contributed by atoms with Crippen LogP contribution in [0.25, 0.3) is 0 Å². The SMILES string of the molecule is CN1CCCCC1c1cccnc1N.[Cl-]. The zero-order valence-corrected chi connectivity index (χ0v) is 9.74. The van der Waals surface area contributed by atoms with Gasteiger partial charge in [-0.2, -0.15) is 0 Å². The van der Waals surface area contributed by atoms with E-state index in [1.807, 2.05) is 6.07 Å². The van der Waals surface area contributed by atoms with E-state index in [1.54, 1.807) is 6.20 Å². The Bertz CT molecular complexity index is 316. The van der Waals surface area contributed by atoms with Crippen LogP contribution in [-0.4, -0.2) is 23.5 Å². The third-order valence-corrected chi connectivity index (χ3v) is 3.00. The molecule has 4 heteroatoms. The van der Waals surface area contributed by atoms with Crippen LogP contribution in [0.15, 0.2) is 18.3 Å². The van der Waals surface area contributed by atoms with Crippen molar-refractivity contribution in [2.75, 3.05) is 19.3 Å². The molecule has 1 aromatic rings. The summed E-state index contributed by atoms with van der Waals surface area (Å²) in [5, 5.41) is 0. The molecule has 1 aliphatic rings. The summed E-state index contributed by atoms with van der Waals surface area (Å²) in [5.41, 5.74) is 7.07. The van der Waals surface area contributed by atoms with Crippen LogP contribution in [0.2, 0.25) is 0 Å². The molecule has 1 atom stereocenters. The van der Waals surface area contributed by atoms with E-state index in [1.165, 1.54) is 31.4 Å². The van der Waals surface area contributed by atoms with E-state index < -0.39 is 0 Å². The topological polar surface area (TPSA) is 42.2 Å². The van der Waals surface area contributed by atoms with Gasteiger partial charge in [0.2, 0.25) is 0 Å². The minimum Gasteiger partial charge on any atom is -1.00 e. The van der Waals surface area contributed by atoms with Crippen molar-refractivity contribution in [1.82, 2.24) is 9.88 Å². The highest BCUT2D eigenvalue weighted by molar-refractivity contribution is 5.40. The van der Waals surface area contributed by atoms with Crippen LogP contribution >= 0.6 is 0 Å². The summed E-state index contributed by atoms with van der Waals surface area (Å²) in [6.45, 7) is 1.17. The van der Waals surface area contributed by atoms with Gasteiger partial charge in [-0.3, -0.25) is 4.90 Å². The first-order valence-electron chi connectivity index (χ1n) is 5.19. The zero-order valence-electron chi connectivity index (χ0n) is 8.99. The highest BCUT2D eigenvalue weighted by Crippen LogP contribution is 2.31. The van der Waals surface area contributed by atoms with Gasteiger partial charge in [-0.05, 0) is 32.5 Å². The van der Waals surface area contributed by atoms with Gasteiger partial charge in [-0.1, -0.05) is 12.5 Å². The lowest BCUT2D eigenvalue weighted by molar-refractivity contribution is -0.00000305. The van der Waals surface area contributed by atoms with Crippen molar-refractivity contribution in [3.05, 3.63) is 23.9 Å². The summed E-state index contributed by atoms with van der Waals surface area (Å²) in [5.74, 6) is 0.686. The maximum absolute atomic E-state index is 5.88. The number of aromatic nitrogens is 1. The Balaban J connectivity index is 0.00000112. The van der Waals surface area contributed by atoms with E-state index >= 15 is 0 Å². The van der Waals surface area contributed by atoms with Crippen molar-refractivity contribution >= 4 is 5.82 Å². The highest BCUT2D eigenvalue weighted by atomic mass is 35.5. The molecular weight excluding hydrogens is 210 g/mol. The molecule has 1 aromatic heterocycles. The lowest BCUT2D eigenvalue weighted by atomic mass is 9.96. The molecule has 1 unspecified atom stereocenters. The van der Waals surface area contributed by atoms with Crippen LogP contribution in [0.5, 0.6) is 0 Å². The Kier molecular flexibility index (Phi) is 4.36. The van der Waals surface area contributed by atoms with Crippen molar-refractivity contribution in [3.63, 3.8) is 0 Å². The lowest BCUT2D eigenvalue weighted by Crippen LogP contribution is -3.00. The van der Waals surface area contributed by atoms with Crippen LogP contribution in [0.1, 0.15) is 30.9 Å². The Morgan fingerprint density at radius 3 is 2.93 bits per heavy atom. The molecule has 84 valence electrons. The first kappa shape index (κ1) is 12.3. The predicted molar refractivity (Wildman–Crippen MR) is 57.9 cm³/mol. The summed E-state index contributed by atoms with van der Waals surface area (Å²) < 4.78 is 0. The van der Waals surface area contributed by atoms with Crippen LogP contribution in [0.4, 0.5) is 5.82 Å². The highest BCUT2D eigenvalue weighted by Gasteiger charge is 2.22. The number of pyridine rings is 1. The maximum Gasteiger partial charge on any atom is 0.128 e. The van der Waals surface area contributed by atoms with Gasteiger partial charge in [0.25, 0.3) is 0 Å². The number of hydrogen-bond donors (Lipinski definition) is 1. The second-order valence-electron chi connectivity index (χ2n) is 3.97. The zero-order chi connectivity index (χ0) is 9.97. The number of rotatable bonds is 1. The molecule has 15 heavy (non-hydrogen) atoms. The van der Waals surface area contributed by atoms with Crippen molar-refractivity contribution < 1.29 is 12.4 Å². The molecule has 2 heterocycles. The molecule has 0 radical (unpaired) electrons. The average molecular weight is 227 g/mol. The second kappa shape index (κ2) is 5.33. The molecular formula is C11H17ClN3-. The van der Waals surface area contributed by atoms with E-state index in [9.17, 15) is 0 Å². The summed E-state index contributed by atoms with van der Waals surface area (Å²) >= 11 is 0. The quantitative estimate of drug-likeness (QED) is 0.656. The summed E-state index contributed by atoms with van der Waals surface area (Å²) in [6.07, 6.45) is 5.55. The number of halogens is 1. The van der Waals surface area contributed by atoms with Gasteiger partial charge in [0.05, 0.1) is 0 Å². The smallest absolute Gasteiger partial charge is 0.128 e. The van der Waals surface area contributed by atoms with E-state index in [0.29, 0.717) is 11.9 Å². The van der Waals surface area contributed by atoms with Crippen molar-refractivity contribution in [2.24, 2.45) is 0 Å². The van der Waals surface area contributed by atoms with Gasteiger partial charge in [0.15, 0.2) is 0 Å². The third kappa shape index (κ3) is 2.61. The second-order valence-corrected chi connectivity index (χ2v) is 3.97. The van der Waals surface area contributed by atoms with Crippen molar-refractivity contribution in [3.8, 4) is 0 Å². The molecule has 1 saturated heterocycles. The van der Waals surface area contributed by atoms with Gasteiger partial charge in [0, 0.05) is 17.8 Å². The van der Waals surface area contributed by atoms with Crippen LogP contribution < -0.4 is 18.1 Å². The molecule has 0 amide bonds. The van der Waals surface area contributed by atoms with Gasteiger partial charge in [0.1, 0.15) is 5.82 Å². The maximum atomic E-state index is 5.88. The fourth-order valence-corrected chi connectivity index (χ4v) is 2.18. The Morgan fingerprint density at radius 2 is 2.27 bits per heavy atom. The fourth-order valence-electron chi connectivity index (χ4n) is 2.18. The number of nitrogens with zero attached hydrogens (tertiary/aromatic N) is 2. The van der Waals surface area contributed by atoms with Crippen LogP contribution in [-0.2, 0) is 0 Å². The Morgan fingerprint density at radius 1 is 1.47 bits per heavy atom. The summed E-state index contributed by atoms with van der Waals surface area (Å²) in [4.78, 5) is 6.51. The molecule has 0 bridgehead atoms. The van der Waals surface area contributed by atoms with Crippen LogP contribution in [0.3, 0.4) is 0 Å². The van der Waals surface area contributed by atoms with E-state index in [2.05, 4.69) is 23.0 Å². The molecule has 1 aliphatic heterocycles. The molecule has 0 aromatic carbocycles. The molecule has 2 N–H and O–H groups in total. The minimum atomic E-state index is 0. The molecule has 1 fully saturated rings. The number of hydrogen-bond acceptors (Lipinski definition) is 3. The molecule has 3 nitrogen and oxygen atoms in total. The van der Waals surface area contributed by atoms with Crippen LogP contribution in [0, 0.1) is 0 Å². The number of likely N-dealkylation sites (tertiary alicyclic amines) is 1. The average Bonchev–Trinajstić information content (AvgIpc) is 2.20. The summed E-state index contributed by atoms with van der Waals surface area (Å²) in [6, 6.07) is 4.53. The molecule has 0 saturated carbocycles. The summed E-state index contributed by atoms with van der Waals surface area (Å²) in [7, 11) is 2.16. The molecule has 2 rings (SSSR count). The number of nitrogen functional groups attached to an aromatic ring is 1. The number of anilines is 1. The predicted octanol–water partition coefficient (Wildman–Crippen LogP) is -1.18.